The van der Waals surface area contributed by atoms with Crippen LogP contribution in [0.1, 0.15) is 51.4 Å². The second-order valence-corrected chi connectivity index (χ2v) is 9.54. The molecular formula is C22H34N4O3S. The molecule has 0 spiro atoms. The van der Waals surface area contributed by atoms with Gasteiger partial charge < -0.3 is 15.1 Å². The van der Waals surface area contributed by atoms with Gasteiger partial charge in [0.2, 0.25) is 10.0 Å². The molecule has 0 bridgehead atoms. The lowest BCUT2D eigenvalue weighted by Crippen LogP contribution is -2.43. The van der Waals surface area contributed by atoms with Crippen molar-refractivity contribution < 1.29 is 12.8 Å². The van der Waals surface area contributed by atoms with Crippen LogP contribution >= 0.6 is 0 Å². The Hall–Kier alpha value is -2.32. The third kappa shape index (κ3) is 9.00. The first-order valence-electron chi connectivity index (χ1n) is 10.4. The topological polar surface area (TPSA) is 110 Å². The average Bonchev–Trinajstić information content (AvgIpc) is 3.19. The Kier molecular flexibility index (Phi) is 9.39. The van der Waals surface area contributed by atoms with Crippen LogP contribution in [0.15, 0.2) is 57.0 Å². The summed E-state index contributed by atoms with van der Waals surface area (Å²) in [6.45, 7) is 7.76. The molecule has 1 aromatic heterocycles. The van der Waals surface area contributed by atoms with Crippen molar-refractivity contribution in [2.75, 3.05) is 6.54 Å². The largest absolute Gasteiger partial charge is 0.469 e. The standard InChI is InChI=1S/C22H34N4O3S/c1-17(2)6-4-7-18(3)26-22(24-14-13-20-8-5-15-29-20)25-16-19-9-11-21(12-10-19)30(23,27)28/h5,8-12,15,17-18H,4,6-7,13-14,16H2,1-3H3,(H2,23,27,28)(H2,24,25,26). The molecule has 0 saturated heterocycles. The van der Waals surface area contributed by atoms with E-state index >= 15 is 0 Å². The van der Waals surface area contributed by atoms with E-state index in [1.54, 1.807) is 18.4 Å². The molecule has 1 unspecified atom stereocenters. The molecule has 0 radical (unpaired) electrons. The van der Waals surface area contributed by atoms with Crippen molar-refractivity contribution in [1.82, 2.24) is 10.6 Å². The molecule has 30 heavy (non-hydrogen) atoms. The van der Waals surface area contributed by atoms with Crippen LogP contribution in [0.4, 0.5) is 0 Å². The van der Waals surface area contributed by atoms with Gasteiger partial charge in [-0.3, -0.25) is 0 Å². The van der Waals surface area contributed by atoms with Gasteiger partial charge in [0.15, 0.2) is 5.96 Å². The molecule has 2 aromatic rings. The summed E-state index contributed by atoms with van der Waals surface area (Å²) in [5, 5.41) is 12.0. The van der Waals surface area contributed by atoms with Crippen molar-refractivity contribution in [3.05, 3.63) is 54.0 Å². The smallest absolute Gasteiger partial charge is 0.238 e. The van der Waals surface area contributed by atoms with E-state index < -0.39 is 10.0 Å². The average molecular weight is 435 g/mol. The molecule has 1 atom stereocenters. The molecule has 7 nitrogen and oxygen atoms in total. The van der Waals surface area contributed by atoms with E-state index in [4.69, 9.17) is 9.56 Å². The number of nitrogens with two attached hydrogens (primary N) is 1. The van der Waals surface area contributed by atoms with E-state index in [1.807, 2.05) is 12.1 Å². The van der Waals surface area contributed by atoms with Crippen LogP contribution in [0.2, 0.25) is 0 Å². The molecule has 1 heterocycles. The Morgan fingerprint density at radius 3 is 2.47 bits per heavy atom. The second-order valence-electron chi connectivity index (χ2n) is 7.98. The number of rotatable bonds is 11. The van der Waals surface area contributed by atoms with Crippen LogP contribution in [0.25, 0.3) is 0 Å². The van der Waals surface area contributed by atoms with Gasteiger partial charge in [0, 0.05) is 19.0 Å². The lowest BCUT2D eigenvalue weighted by molar-refractivity contribution is 0.488. The minimum atomic E-state index is -3.68. The molecule has 0 fully saturated rings. The van der Waals surface area contributed by atoms with Crippen molar-refractivity contribution in [2.45, 2.75) is 63.9 Å². The molecule has 0 amide bonds. The first-order valence-corrected chi connectivity index (χ1v) is 12.0. The molecule has 4 N–H and O–H groups in total. The summed E-state index contributed by atoms with van der Waals surface area (Å²) in [6, 6.07) is 10.6. The van der Waals surface area contributed by atoms with Crippen LogP contribution in [0.5, 0.6) is 0 Å². The molecular weight excluding hydrogens is 400 g/mol. The molecule has 0 aliphatic rings. The van der Waals surface area contributed by atoms with Gasteiger partial charge in [0.05, 0.1) is 17.7 Å². The maximum atomic E-state index is 11.4. The zero-order chi connectivity index (χ0) is 22.0. The number of nitrogens with zero attached hydrogens (tertiary/aromatic N) is 1. The first-order chi connectivity index (χ1) is 14.2. The number of aliphatic imine (C=N–C) groups is 1. The highest BCUT2D eigenvalue weighted by Gasteiger charge is 2.09. The van der Waals surface area contributed by atoms with E-state index in [0.717, 1.165) is 30.1 Å². The zero-order valence-electron chi connectivity index (χ0n) is 18.1. The Morgan fingerprint density at radius 2 is 1.87 bits per heavy atom. The van der Waals surface area contributed by atoms with Gasteiger partial charge in [-0.15, -0.1) is 0 Å². The molecule has 0 aliphatic carbocycles. The third-order valence-electron chi connectivity index (χ3n) is 4.72. The fraction of sp³-hybridized carbons (Fsp3) is 0.500. The lowest BCUT2D eigenvalue weighted by atomic mass is 10.0. The van der Waals surface area contributed by atoms with E-state index in [1.165, 1.54) is 25.0 Å². The Bertz CT molecular complexity index is 876. The maximum Gasteiger partial charge on any atom is 0.238 e. The fourth-order valence-electron chi connectivity index (χ4n) is 3.00. The van der Waals surface area contributed by atoms with E-state index in [-0.39, 0.29) is 4.90 Å². The molecule has 8 heteroatoms. The predicted octanol–water partition coefficient (Wildman–Crippen LogP) is 3.42. The monoisotopic (exact) mass is 434 g/mol. The van der Waals surface area contributed by atoms with Gasteiger partial charge in [0.25, 0.3) is 0 Å². The molecule has 0 aliphatic heterocycles. The van der Waals surface area contributed by atoms with Crippen molar-refractivity contribution in [2.24, 2.45) is 16.0 Å². The minimum absolute atomic E-state index is 0.101. The Balaban J connectivity index is 1.97. The van der Waals surface area contributed by atoms with Gasteiger partial charge in [-0.25, -0.2) is 18.5 Å². The third-order valence-corrected chi connectivity index (χ3v) is 5.65. The van der Waals surface area contributed by atoms with Crippen LogP contribution in [-0.4, -0.2) is 27.0 Å². The lowest BCUT2D eigenvalue weighted by Gasteiger charge is -2.19. The highest BCUT2D eigenvalue weighted by molar-refractivity contribution is 7.89. The first kappa shape index (κ1) is 24.0. The summed E-state index contributed by atoms with van der Waals surface area (Å²) in [7, 11) is -3.68. The van der Waals surface area contributed by atoms with Gasteiger partial charge in [0.1, 0.15) is 5.76 Å². The highest BCUT2D eigenvalue weighted by atomic mass is 32.2. The van der Waals surface area contributed by atoms with Crippen LogP contribution < -0.4 is 15.8 Å². The molecule has 166 valence electrons. The summed E-state index contributed by atoms with van der Waals surface area (Å²) in [6.07, 6.45) is 5.88. The summed E-state index contributed by atoms with van der Waals surface area (Å²) in [4.78, 5) is 4.77. The number of benzene rings is 1. The Labute approximate surface area is 180 Å². The summed E-state index contributed by atoms with van der Waals surface area (Å²) >= 11 is 0. The predicted molar refractivity (Wildman–Crippen MR) is 121 cm³/mol. The van der Waals surface area contributed by atoms with E-state index in [0.29, 0.717) is 25.0 Å². The van der Waals surface area contributed by atoms with Crippen LogP contribution in [-0.2, 0) is 23.0 Å². The Morgan fingerprint density at radius 1 is 1.13 bits per heavy atom. The molecule has 1 aromatic carbocycles. The van der Waals surface area contributed by atoms with Crippen molar-refractivity contribution in [3.63, 3.8) is 0 Å². The summed E-state index contributed by atoms with van der Waals surface area (Å²) in [5.41, 5.74) is 0.905. The van der Waals surface area contributed by atoms with Gasteiger partial charge in [-0.05, 0) is 49.1 Å². The number of hydrogen-bond donors (Lipinski definition) is 3. The van der Waals surface area contributed by atoms with Crippen LogP contribution in [0.3, 0.4) is 0 Å². The summed E-state index contributed by atoms with van der Waals surface area (Å²) < 4.78 is 28.2. The van der Waals surface area contributed by atoms with Crippen molar-refractivity contribution in [1.29, 1.82) is 0 Å². The van der Waals surface area contributed by atoms with Gasteiger partial charge >= 0.3 is 0 Å². The second kappa shape index (κ2) is 11.8. The van der Waals surface area contributed by atoms with Crippen molar-refractivity contribution in [3.8, 4) is 0 Å². The van der Waals surface area contributed by atoms with Gasteiger partial charge in [-0.1, -0.05) is 38.8 Å². The fourth-order valence-corrected chi connectivity index (χ4v) is 3.52. The van der Waals surface area contributed by atoms with Gasteiger partial charge in [-0.2, -0.15) is 0 Å². The molecule has 0 saturated carbocycles. The number of sulfonamides is 1. The maximum absolute atomic E-state index is 11.4. The number of furan rings is 1. The number of primary sulfonamides is 1. The van der Waals surface area contributed by atoms with E-state index in [9.17, 15) is 8.42 Å². The van der Waals surface area contributed by atoms with Crippen LogP contribution in [0, 0.1) is 5.92 Å². The quantitative estimate of drug-likeness (QED) is 0.371. The number of nitrogens with one attached hydrogen (secondary N) is 2. The normalized spacial score (nSPS) is 13.4. The summed E-state index contributed by atoms with van der Waals surface area (Å²) in [5.74, 6) is 2.36. The highest BCUT2D eigenvalue weighted by Crippen LogP contribution is 2.10. The zero-order valence-corrected chi connectivity index (χ0v) is 18.9. The van der Waals surface area contributed by atoms with E-state index in [2.05, 4.69) is 36.4 Å². The number of guanidine groups is 1. The SMILES string of the molecule is CC(C)CCCC(C)NC(=NCc1ccc(S(N)(=O)=O)cc1)NCCc1ccco1. The molecule has 2 rings (SSSR count). The van der Waals surface area contributed by atoms with Crippen molar-refractivity contribution >= 4 is 16.0 Å². The minimum Gasteiger partial charge on any atom is -0.469 e. The number of hydrogen-bond acceptors (Lipinski definition) is 4.